The molecule has 0 unspecified atom stereocenters. The standard InChI is InChI=1S/C26H27N5O3/c1-18-8-10-21(11-9-18)24-27-26-30(17-23(32)29-12-14-34-15-13-29)19(2)22(25(33)31(26)28-24)16-20-6-4-3-5-7-20/h3-11H,12-17H2,1-2H3. The summed E-state index contributed by atoms with van der Waals surface area (Å²) in [6.45, 7) is 6.17. The molecule has 0 aliphatic carbocycles. The van der Waals surface area contributed by atoms with Gasteiger partial charge in [0.1, 0.15) is 6.54 Å². The van der Waals surface area contributed by atoms with Gasteiger partial charge in [0.05, 0.1) is 13.2 Å². The predicted octanol–water partition coefficient (Wildman–Crippen LogP) is 2.62. The first-order valence-electron chi connectivity index (χ1n) is 11.5. The molecule has 3 heterocycles. The summed E-state index contributed by atoms with van der Waals surface area (Å²) in [7, 11) is 0. The predicted molar refractivity (Wildman–Crippen MR) is 129 cm³/mol. The zero-order chi connectivity index (χ0) is 23.7. The number of carbonyl (C=O) groups is 1. The molecule has 1 aliphatic heterocycles. The first kappa shape index (κ1) is 22.0. The summed E-state index contributed by atoms with van der Waals surface area (Å²) in [6, 6.07) is 17.7. The van der Waals surface area contributed by atoms with Crippen LogP contribution >= 0.6 is 0 Å². The van der Waals surface area contributed by atoms with Crippen molar-refractivity contribution in [2.75, 3.05) is 26.3 Å². The van der Waals surface area contributed by atoms with Gasteiger partial charge in [-0.1, -0.05) is 60.2 Å². The lowest BCUT2D eigenvalue weighted by Gasteiger charge is -2.27. The van der Waals surface area contributed by atoms with Crippen molar-refractivity contribution < 1.29 is 9.53 Å². The Balaban J connectivity index is 1.63. The SMILES string of the molecule is Cc1ccc(-c2nc3n(CC(=O)N4CCOCC4)c(C)c(Cc4ccccc4)c(=O)n3n2)cc1. The molecule has 0 spiro atoms. The van der Waals surface area contributed by atoms with Gasteiger partial charge in [-0.2, -0.15) is 9.50 Å². The number of aryl methyl sites for hydroxylation is 1. The lowest BCUT2D eigenvalue weighted by atomic mass is 10.0. The van der Waals surface area contributed by atoms with Crippen molar-refractivity contribution in [3.05, 3.63) is 87.3 Å². The van der Waals surface area contributed by atoms with Crippen LogP contribution in [-0.2, 0) is 22.5 Å². The molecular formula is C26H27N5O3. The molecule has 0 bridgehead atoms. The first-order chi connectivity index (χ1) is 16.5. The molecule has 8 heteroatoms. The fourth-order valence-electron chi connectivity index (χ4n) is 4.28. The van der Waals surface area contributed by atoms with Crippen LogP contribution in [0.4, 0.5) is 0 Å². The molecule has 4 aromatic rings. The Labute approximate surface area is 197 Å². The van der Waals surface area contributed by atoms with Gasteiger partial charge >= 0.3 is 0 Å². The van der Waals surface area contributed by atoms with Crippen LogP contribution in [0.25, 0.3) is 17.2 Å². The Morgan fingerprint density at radius 3 is 2.41 bits per heavy atom. The molecule has 34 heavy (non-hydrogen) atoms. The monoisotopic (exact) mass is 457 g/mol. The number of amides is 1. The van der Waals surface area contributed by atoms with Gasteiger partial charge < -0.3 is 14.2 Å². The fraction of sp³-hybridized carbons (Fsp3) is 0.308. The largest absolute Gasteiger partial charge is 0.378 e. The van der Waals surface area contributed by atoms with Crippen LogP contribution in [0.2, 0.25) is 0 Å². The van der Waals surface area contributed by atoms with Crippen molar-refractivity contribution in [2.24, 2.45) is 0 Å². The van der Waals surface area contributed by atoms with E-state index in [2.05, 4.69) is 5.10 Å². The van der Waals surface area contributed by atoms with E-state index in [9.17, 15) is 9.59 Å². The second-order valence-electron chi connectivity index (χ2n) is 8.62. The minimum absolute atomic E-state index is 0.0255. The minimum Gasteiger partial charge on any atom is -0.378 e. The average Bonchev–Trinajstić information content (AvgIpc) is 3.31. The van der Waals surface area contributed by atoms with E-state index in [1.54, 1.807) is 4.90 Å². The van der Waals surface area contributed by atoms with Crippen LogP contribution in [0.1, 0.15) is 22.4 Å². The average molecular weight is 458 g/mol. The van der Waals surface area contributed by atoms with E-state index in [0.717, 1.165) is 22.4 Å². The van der Waals surface area contributed by atoms with Gasteiger partial charge in [-0.05, 0) is 19.4 Å². The lowest BCUT2D eigenvalue weighted by Crippen LogP contribution is -2.43. The fourth-order valence-corrected chi connectivity index (χ4v) is 4.28. The molecule has 1 amide bonds. The van der Waals surface area contributed by atoms with E-state index in [4.69, 9.17) is 9.72 Å². The van der Waals surface area contributed by atoms with Crippen molar-refractivity contribution >= 4 is 11.7 Å². The number of hydrogen-bond donors (Lipinski definition) is 0. The lowest BCUT2D eigenvalue weighted by molar-refractivity contribution is -0.135. The van der Waals surface area contributed by atoms with E-state index in [1.165, 1.54) is 4.52 Å². The topological polar surface area (TPSA) is 81.7 Å². The van der Waals surface area contributed by atoms with Crippen molar-refractivity contribution in [1.82, 2.24) is 24.1 Å². The number of carbonyl (C=O) groups excluding carboxylic acids is 1. The molecule has 8 nitrogen and oxygen atoms in total. The van der Waals surface area contributed by atoms with Crippen molar-refractivity contribution in [1.29, 1.82) is 0 Å². The maximum Gasteiger partial charge on any atom is 0.279 e. The molecule has 5 rings (SSSR count). The summed E-state index contributed by atoms with van der Waals surface area (Å²) in [4.78, 5) is 33.2. The quantitative estimate of drug-likeness (QED) is 0.460. The maximum absolute atomic E-state index is 13.5. The van der Waals surface area contributed by atoms with Crippen LogP contribution in [0.15, 0.2) is 59.4 Å². The molecule has 1 fully saturated rings. The summed E-state index contributed by atoms with van der Waals surface area (Å²) in [5.74, 6) is 0.805. The number of hydrogen-bond acceptors (Lipinski definition) is 5. The van der Waals surface area contributed by atoms with Crippen molar-refractivity contribution in [2.45, 2.75) is 26.8 Å². The van der Waals surface area contributed by atoms with Crippen LogP contribution in [0.5, 0.6) is 0 Å². The molecule has 0 saturated carbocycles. The molecule has 0 N–H and O–H groups in total. The third kappa shape index (κ3) is 4.24. The molecule has 174 valence electrons. The van der Waals surface area contributed by atoms with E-state index in [0.29, 0.717) is 49.9 Å². The Morgan fingerprint density at radius 1 is 1.00 bits per heavy atom. The Hall–Kier alpha value is -3.78. The van der Waals surface area contributed by atoms with E-state index >= 15 is 0 Å². The second kappa shape index (κ2) is 9.23. The third-order valence-electron chi connectivity index (χ3n) is 6.31. The summed E-state index contributed by atoms with van der Waals surface area (Å²) in [6.07, 6.45) is 0.451. The van der Waals surface area contributed by atoms with Gasteiger partial charge in [0.15, 0.2) is 5.82 Å². The highest BCUT2D eigenvalue weighted by Gasteiger charge is 2.23. The number of morpholine rings is 1. The van der Waals surface area contributed by atoms with Gasteiger partial charge in [-0.25, -0.2) is 0 Å². The van der Waals surface area contributed by atoms with Gasteiger partial charge in [-0.3, -0.25) is 9.59 Å². The summed E-state index contributed by atoms with van der Waals surface area (Å²) in [5, 5.41) is 4.56. The van der Waals surface area contributed by atoms with Crippen molar-refractivity contribution in [3.8, 4) is 11.4 Å². The highest BCUT2D eigenvalue weighted by molar-refractivity contribution is 5.77. The smallest absolute Gasteiger partial charge is 0.279 e. The molecular weight excluding hydrogens is 430 g/mol. The number of fused-ring (bicyclic) bond motifs is 1. The maximum atomic E-state index is 13.5. The van der Waals surface area contributed by atoms with Crippen LogP contribution in [0, 0.1) is 13.8 Å². The van der Waals surface area contributed by atoms with E-state index in [-0.39, 0.29) is 18.0 Å². The number of ether oxygens (including phenoxy) is 1. The zero-order valence-corrected chi connectivity index (χ0v) is 19.4. The van der Waals surface area contributed by atoms with Crippen LogP contribution in [-0.4, -0.2) is 56.3 Å². The molecule has 0 atom stereocenters. The van der Waals surface area contributed by atoms with Gasteiger partial charge in [0.25, 0.3) is 5.56 Å². The number of nitrogens with zero attached hydrogens (tertiary/aromatic N) is 5. The highest BCUT2D eigenvalue weighted by Crippen LogP contribution is 2.19. The second-order valence-corrected chi connectivity index (χ2v) is 8.62. The number of benzene rings is 2. The highest BCUT2D eigenvalue weighted by atomic mass is 16.5. The first-order valence-corrected chi connectivity index (χ1v) is 11.5. The minimum atomic E-state index is -0.211. The van der Waals surface area contributed by atoms with Gasteiger partial charge in [0.2, 0.25) is 11.7 Å². The Kier molecular flexibility index (Phi) is 5.98. The van der Waals surface area contributed by atoms with Gasteiger partial charge in [-0.15, -0.1) is 5.10 Å². The summed E-state index contributed by atoms with van der Waals surface area (Å²) >= 11 is 0. The Bertz CT molecular complexity index is 1380. The normalized spacial score (nSPS) is 14.0. The molecule has 2 aromatic carbocycles. The summed E-state index contributed by atoms with van der Waals surface area (Å²) < 4.78 is 8.55. The number of rotatable bonds is 5. The number of aromatic nitrogens is 4. The van der Waals surface area contributed by atoms with Crippen LogP contribution in [0.3, 0.4) is 0 Å². The third-order valence-corrected chi connectivity index (χ3v) is 6.31. The molecule has 0 radical (unpaired) electrons. The molecule has 1 saturated heterocycles. The van der Waals surface area contributed by atoms with Crippen LogP contribution < -0.4 is 5.56 Å². The van der Waals surface area contributed by atoms with Gasteiger partial charge in [0, 0.05) is 36.3 Å². The molecule has 1 aliphatic rings. The van der Waals surface area contributed by atoms with E-state index in [1.807, 2.05) is 73.0 Å². The molecule has 2 aromatic heterocycles. The zero-order valence-electron chi connectivity index (χ0n) is 19.4. The summed E-state index contributed by atoms with van der Waals surface area (Å²) in [5.41, 5.74) is 4.09. The van der Waals surface area contributed by atoms with Crippen molar-refractivity contribution in [3.63, 3.8) is 0 Å². The van der Waals surface area contributed by atoms with E-state index < -0.39 is 0 Å². The Morgan fingerprint density at radius 2 is 1.71 bits per heavy atom.